The van der Waals surface area contributed by atoms with Crippen LogP contribution in [0.1, 0.15) is 23.6 Å². The van der Waals surface area contributed by atoms with Gasteiger partial charge in [0.15, 0.2) is 11.5 Å². The Morgan fingerprint density at radius 1 is 1.14 bits per heavy atom. The van der Waals surface area contributed by atoms with Gasteiger partial charge in [-0.15, -0.1) is 0 Å². The Labute approximate surface area is 170 Å². The average molecular weight is 415 g/mol. The summed E-state index contributed by atoms with van der Waals surface area (Å²) in [5.41, 5.74) is 1.60. The van der Waals surface area contributed by atoms with E-state index in [4.69, 9.17) is 18.9 Å². The molecule has 152 valence electrons. The number of hydrogen-bond acceptors (Lipinski definition) is 7. The van der Waals surface area contributed by atoms with Crippen molar-refractivity contribution in [2.45, 2.75) is 25.7 Å². The van der Waals surface area contributed by atoms with Gasteiger partial charge in [0.05, 0.1) is 13.7 Å². The summed E-state index contributed by atoms with van der Waals surface area (Å²) in [7, 11) is -2.72. The highest BCUT2D eigenvalue weighted by Crippen LogP contribution is 2.32. The molecule has 0 amide bonds. The van der Waals surface area contributed by atoms with Crippen molar-refractivity contribution < 1.29 is 26.9 Å². The number of carbonyl (C=O) groups is 1. The van der Waals surface area contributed by atoms with Crippen LogP contribution in [0, 0.1) is 25.2 Å². The van der Waals surface area contributed by atoms with E-state index >= 15 is 0 Å². The molecule has 0 aliphatic carbocycles. The molecule has 0 aromatic heterocycles. The summed E-state index contributed by atoms with van der Waals surface area (Å²) in [6.45, 7) is 5.25. The van der Waals surface area contributed by atoms with Crippen molar-refractivity contribution in [3.8, 4) is 17.6 Å². The minimum Gasteiger partial charge on any atom is -0.493 e. The highest BCUT2D eigenvalue weighted by Gasteiger charge is 2.22. The molecule has 0 fully saturated rings. The number of hydrogen-bond donors (Lipinski definition) is 0. The summed E-state index contributed by atoms with van der Waals surface area (Å²) in [5, 5.41) is 9.14. The Morgan fingerprint density at radius 2 is 1.86 bits per heavy atom. The number of nitriles is 1. The monoisotopic (exact) mass is 415 g/mol. The van der Waals surface area contributed by atoms with Gasteiger partial charge in [-0.3, -0.25) is 0 Å². The topological polar surface area (TPSA) is 103 Å². The van der Waals surface area contributed by atoms with Crippen LogP contribution in [-0.2, 0) is 19.6 Å². The number of carbonyl (C=O) groups excluding carboxylic acids is 1. The number of nitrogens with zero attached hydrogens (tertiary/aromatic N) is 1. The average Bonchev–Trinajstić information content (AvgIpc) is 2.68. The zero-order valence-corrected chi connectivity index (χ0v) is 17.4. The van der Waals surface area contributed by atoms with E-state index in [1.54, 1.807) is 32.9 Å². The van der Waals surface area contributed by atoms with Crippen LogP contribution in [-0.4, -0.2) is 28.1 Å². The van der Waals surface area contributed by atoms with Gasteiger partial charge in [-0.2, -0.15) is 13.7 Å². The molecular weight excluding hydrogens is 394 g/mol. The van der Waals surface area contributed by atoms with Gasteiger partial charge in [0.1, 0.15) is 16.5 Å². The number of benzene rings is 2. The second kappa shape index (κ2) is 9.26. The van der Waals surface area contributed by atoms with Crippen LogP contribution in [0.2, 0.25) is 0 Å². The molecule has 2 aromatic rings. The maximum absolute atomic E-state index is 12.7. The van der Waals surface area contributed by atoms with Gasteiger partial charge in [0, 0.05) is 0 Å². The van der Waals surface area contributed by atoms with Crippen LogP contribution in [0.3, 0.4) is 0 Å². The van der Waals surface area contributed by atoms with Gasteiger partial charge in [0.25, 0.3) is 0 Å². The first kappa shape index (κ1) is 22.0. The smallest absolute Gasteiger partial charge is 0.348 e. The molecule has 29 heavy (non-hydrogen) atoms. The third-order valence-electron chi connectivity index (χ3n) is 3.93. The fourth-order valence-electron chi connectivity index (χ4n) is 2.49. The SMILES string of the molecule is CCOC(=O)/C(C#N)=C/c1ccc(OS(=O)(=O)c2cc(C)ccc2C)c(OC)c1. The number of rotatable bonds is 7. The van der Waals surface area contributed by atoms with Crippen molar-refractivity contribution in [2.24, 2.45) is 0 Å². The highest BCUT2D eigenvalue weighted by molar-refractivity contribution is 7.87. The first-order chi connectivity index (χ1) is 13.7. The van der Waals surface area contributed by atoms with E-state index in [1.165, 1.54) is 37.5 Å². The maximum atomic E-state index is 12.7. The van der Waals surface area contributed by atoms with Crippen molar-refractivity contribution in [3.63, 3.8) is 0 Å². The summed E-state index contributed by atoms with van der Waals surface area (Å²) in [4.78, 5) is 11.8. The lowest BCUT2D eigenvalue weighted by Crippen LogP contribution is -2.12. The molecule has 0 N–H and O–H groups in total. The summed E-state index contributed by atoms with van der Waals surface area (Å²) in [5.74, 6) is -0.624. The van der Waals surface area contributed by atoms with Crippen molar-refractivity contribution in [1.82, 2.24) is 0 Å². The van der Waals surface area contributed by atoms with Crippen molar-refractivity contribution in [1.29, 1.82) is 5.26 Å². The summed E-state index contributed by atoms with van der Waals surface area (Å²) in [6.07, 6.45) is 1.32. The second-order valence-electron chi connectivity index (χ2n) is 6.11. The third-order valence-corrected chi connectivity index (χ3v) is 5.30. The Balaban J connectivity index is 2.40. The van der Waals surface area contributed by atoms with Gasteiger partial charge >= 0.3 is 16.1 Å². The molecule has 2 aromatic carbocycles. The summed E-state index contributed by atoms with van der Waals surface area (Å²) >= 11 is 0. The number of methoxy groups -OCH3 is 1. The number of aryl methyl sites for hydroxylation is 2. The molecule has 0 bridgehead atoms. The molecule has 0 unspecified atom stereocenters. The molecule has 0 aliphatic rings. The van der Waals surface area contributed by atoms with Crippen LogP contribution >= 0.6 is 0 Å². The fraction of sp³-hybridized carbons (Fsp3) is 0.238. The summed E-state index contributed by atoms with van der Waals surface area (Å²) < 4.78 is 40.8. The second-order valence-corrected chi connectivity index (χ2v) is 7.62. The normalized spacial score (nSPS) is 11.5. The fourth-order valence-corrected chi connectivity index (χ4v) is 3.75. The van der Waals surface area contributed by atoms with Crippen LogP contribution in [0.4, 0.5) is 0 Å². The molecule has 0 heterocycles. The Hall–Kier alpha value is -3.31. The van der Waals surface area contributed by atoms with E-state index in [9.17, 15) is 13.2 Å². The minimum absolute atomic E-state index is 0.0137. The third kappa shape index (κ3) is 5.36. The molecule has 0 aliphatic heterocycles. The summed E-state index contributed by atoms with van der Waals surface area (Å²) in [6, 6.07) is 11.2. The van der Waals surface area contributed by atoms with Gasteiger partial charge in [-0.05, 0) is 61.7 Å². The molecule has 0 spiro atoms. The predicted octanol–water partition coefficient (Wildman–Crippen LogP) is 3.55. The largest absolute Gasteiger partial charge is 0.493 e. The van der Waals surface area contributed by atoms with Crippen molar-refractivity contribution in [2.75, 3.05) is 13.7 Å². The Morgan fingerprint density at radius 3 is 2.48 bits per heavy atom. The minimum atomic E-state index is -4.08. The van der Waals surface area contributed by atoms with Crippen LogP contribution in [0.25, 0.3) is 6.08 Å². The van der Waals surface area contributed by atoms with Crippen LogP contribution in [0.5, 0.6) is 11.5 Å². The van der Waals surface area contributed by atoms with Crippen LogP contribution in [0.15, 0.2) is 46.9 Å². The maximum Gasteiger partial charge on any atom is 0.348 e. The lowest BCUT2D eigenvalue weighted by atomic mass is 10.1. The highest BCUT2D eigenvalue weighted by atomic mass is 32.2. The van der Waals surface area contributed by atoms with Gasteiger partial charge in [-0.25, -0.2) is 4.79 Å². The van der Waals surface area contributed by atoms with E-state index in [-0.39, 0.29) is 28.6 Å². The molecule has 0 saturated carbocycles. The molecule has 2 rings (SSSR count). The van der Waals surface area contributed by atoms with E-state index in [0.29, 0.717) is 11.1 Å². The van der Waals surface area contributed by atoms with E-state index in [0.717, 1.165) is 5.56 Å². The number of esters is 1. The Bertz CT molecular complexity index is 1100. The molecule has 0 atom stereocenters. The molecule has 0 saturated heterocycles. The quantitative estimate of drug-likeness (QED) is 0.295. The van der Waals surface area contributed by atoms with Gasteiger partial charge in [-0.1, -0.05) is 18.2 Å². The van der Waals surface area contributed by atoms with Gasteiger partial charge < -0.3 is 13.7 Å². The zero-order valence-electron chi connectivity index (χ0n) is 16.6. The van der Waals surface area contributed by atoms with Gasteiger partial charge in [0.2, 0.25) is 0 Å². The van der Waals surface area contributed by atoms with Crippen molar-refractivity contribution >= 4 is 22.2 Å². The molecule has 7 nitrogen and oxygen atoms in total. The van der Waals surface area contributed by atoms with E-state index in [1.807, 2.05) is 6.07 Å². The zero-order chi connectivity index (χ0) is 21.6. The molecular formula is C21H21NO6S. The first-order valence-electron chi connectivity index (χ1n) is 8.70. The lowest BCUT2D eigenvalue weighted by Gasteiger charge is -2.13. The lowest BCUT2D eigenvalue weighted by molar-refractivity contribution is -0.137. The number of ether oxygens (including phenoxy) is 2. The first-order valence-corrected chi connectivity index (χ1v) is 10.1. The predicted molar refractivity (Wildman–Crippen MR) is 107 cm³/mol. The molecule has 0 radical (unpaired) electrons. The van der Waals surface area contributed by atoms with E-state index in [2.05, 4.69) is 0 Å². The Kier molecular flexibility index (Phi) is 7.02. The standard InChI is InChI=1S/C21H21NO6S/c1-5-27-21(23)17(13-22)11-16-8-9-18(19(12-16)26-4)28-29(24,25)20-10-14(2)6-7-15(20)3/h6-12H,5H2,1-4H3/b17-11+. The van der Waals surface area contributed by atoms with E-state index < -0.39 is 16.1 Å². The van der Waals surface area contributed by atoms with Crippen molar-refractivity contribution in [3.05, 3.63) is 58.7 Å². The molecule has 8 heteroatoms. The van der Waals surface area contributed by atoms with Crippen LogP contribution < -0.4 is 8.92 Å².